The summed E-state index contributed by atoms with van der Waals surface area (Å²) in [6.07, 6.45) is 3.35. The highest BCUT2D eigenvalue weighted by molar-refractivity contribution is 7.93. The lowest BCUT2D eigenvalue weighted by molar-refractivity contribution is -0.700. The maximum Gasteiger partial charge on any atom is 0.328 e. The largest absolute Gasteiger partial charge is 0.480 e. The summed E-state index contributed by atoms with van der Waals surface area (Å²) in [6, 6.07) is -1.35. The smallest absolute Gasteiger partial charge is 0.328 e. The van der Waals surface area contributed by atoms with Crippen molar-refractivity contribution in [3.8, 4) is 0 Å². The average molecular weight is 328 g/mol. The van der Waals surface area contributed by atoms with Crippen LogP contribution in [0.3, 0.4) is 0 Å². The summed E-state index contributed by atoms with van der Waals surface area (Å²) in [5.41, 5.74) is 0.922. The van der Waals surface area contributed by atoms with Crippen LogP contribution in [-0.2, 0) is 33.0 Å². The number of carboxylic acid groups (broad SMARTS) is 1. The molecule has 1 aromatic heterocycles. The number of imidazole rings is 1. The number of aryl methyl sites for hydroxylation is 2. The zero-order valence-corrected chi connectivity index (χ0v) is 13.4. The number of sulfone groups is 1. The van der Waals surface area contributed by atoms with E-state index >= 15 is 0 Å². The molecule has 3 atom stereocenters. The molecule has 0 aromatic carbocycles. The molecule has 1 aromatic rings. The first kappa shape index (κ1) is 15.0. The Morgan fingerprint density at radius 3 is 2.64 bits per heavy atom. The van der Waals surface area contributed by atoms with Gasteiger partial charge in [0.1, 0.15) is 28.6 Å². The van der Waals surface area contributed by atoms with Gasteiger partial charge in [-0.15, -0.1) is 0 Å². The molecular weight excluding hydrogens is 310 g/mol. The van der Waals surface area contributed by atoms with Crippen molar-refractivity contribution >= 4 is 21.7 Å². The Morgan fingerprint density at radius 1 is 1.55 bits per heavy atom. The van der Waals surface area contributed by atoms with Gasteiger partial charge in [-0.3, -0.25) is 4.79 Å². The van der Waals surface area contributed by atoms with Crippen molar-refractivity contribution in [3.63, 3.8) is 0 Å². The molecule has 1 N–H and O–H groups in total. The van der Waals surface area contributed by atoms with Crippen LogP contribution >= 0.6 is 0 Å². The highest BCUT2D eigenvalue weighted by Gasteiger charge is 2.70. The van der Waals surface area contributed by atoms with Crippen LogP contribution in [-0.4, -0.2) is 51.0 Å². The molecule has 0 spiro atoms. The van der Waals surface area contributed by atoms with Gasteiger partial charge < -0.3 is 10.0 Å². The Bertz CT molecular complexity index is 764. The van der Waals surface area contributed by atoms with Gasteiger partial charge in [0.2, 0.25) is 12.2 Å². The molecule has 2 aliphatic heterocycles. The Balaban J connectivity index is 2.08. The van der Waals surface area contributed by atoms with Crippen molar-refractivity contribution in [2.45, 2.75) is 43.0 Å². The Kier molecular flexibility index (Phi) is 2.94. The minimum Gasteiger partial charge on any atom is -0.480 e. The van der Waals surface area contributed by atoms with Gasteiger partial charge in [0.25, 0.3) is 0 Å². The molecule has 3 heterocycles. The second-order valence-corrected chi connectivity index (χ2v) is 8.79. The number of carbonyl (C=O) groups excluding carboxylic acids is 1. The fourth-order valence-corrected chi connectivity index (χ4v) is 5.79. The number of amides is 1. The normalized spacial score (nSPS) is 32.7. The lowest BCUT2D eigenvalue weighted by Crippen LogP contribution is -2.60. The molecule has 2 aliphatic rings. The van der Waals surface area contributed by atoms with Gasteiger partial charge >= 0.3 is 5.97 Å². The summed E-state index contributed by atoms with van der Waals surface area (Å²) in [5.74, 6) is -1.70. The first-order valence-corrected chi connectivity index (χ1v) is 8.43. The first-order valence-electron chi connectivity index (χ1n) is 6.89. The number of rotatable bonds is 3. The van der Waals surface area contributed by atoms with Crippen molar-refractivity contribution < 1.29 is 27.7 Å². The fraction of sp³-hybridized carbons (Fsp3) is 0.615. The van der Waals surface area contributed by atoms with Crippen molar-refractivity contribution in [3.05, 3.63) is 18.2 Å². The summed E-state index contributed by atoms with van der Waals surface area (Å²) in [6.45, 7) is 3.28. The minimum atomic E-state index is -3.76. The average Bonchev–Trinajstić information content (AvgIpc) is 2.75. The maximum absolute atomic E-state index is 12.8. The van der Waals surface area contributed by atoms with E-state index in [4.69, 9.17) is 0 Å². The number of hydrogen-bond donors (Lipinski definition) is 1. The topological polar surface area (TPSA) is 101 Å². The zero-order valence-electron chi connectivity index (χ0n) is 12.6. The first-order chi connectivity index (χ1) is 10.1. The summed E-state index contributed by atoms with van der Waals surface area (Å²) >= 11 is 0. The number of carbonyl (C=O) groups is 2. The Labute approximate surface area is 127 Å². The summed E-state index contributed by atoms with van der Waals surface area (Å²) in [5, 5.41) is 8.48. The number of nitrogens with zero attached hydrogens (tertiary/aromatic N) is 3. The van der Waals surface area contributed by atoms with E-state index in [0.717, 1.165) is 10.6 Å². The predicted molar refractivity (Wildman–Crippen MR) is 74.3 cm³/mol. The molecule has 120 valence electrons. The predicted octanol–water partition coefficient (Wildman–Crippen LogP) is -1.18. The summed E-state index contributed by atoms with van der Waals surface area (Å²) < 4.78 is 27.4. The summed E-state index contributed by atoms with van der Waals surface area (Å²) in [7, 11) is -1.94. The fourth-order valence-electron chi connectivity index (χ4n) is 3.41. The third-order valence-electron chi connectivity index (χ3n) is 4.77. The van der Waals surface area contributed by atoms with Crippen LogP contribution in [0, 0.1) is 6.92 Å². The van der Waals surface area contributed by atoms with Gasteiger partial charge in [-0.2, -0.15) is 0 Å². The molecule has 0 aliphatic carbocycles. The third-order valence-corrected chi connectivity index (χ3v) is 7.54. The summed E-state index contributed by atoms with van der Waals surface area (Å²) in [4.78, 5) is 24.3. The van der Waals surface area contributed by atoms with Crippen molar-refractivity contribution in [1.29, 1.82) is 0 Å². The molecule has 8 nitrogen and oxygen atoms in total. The molecule has 22 heavy (non-hydrogen) atoms. The second kappa shape index (κ2) is 4.31. The van der Waals surface area contributed by atoms with E-state index in [-0.39, 0.29) is 13.0 Å². The van der Waals surface area contributed by atoms with Gasteiger partial charge in [0, 0.05) is 6.92 Å². The lowest BCUT2D eigenvalue weighted by atomic mass is 9.96. The molecule has 0 bridgehead atoms. The number of carboxylic acids is 1. The van der Waals surface area contributed by atoms with Crippen LogP contribution in [0.4, 0.5) is 0 Å². The number of aromatic nitrogens is 2. The van der Waals surface area contributed by atoms with E-state index in [1.54, 1.807) is 17.1 Å². The van der Waals surface area contributed by atoms with Gasteiger partial charge in [-0.1, -0.05) is 0 Å². The molecule has 2 fully saturated rings. The van der Waals surface area contributed by atoms with E-state index in [1.807, 2.05) is 18.5 Å². The van der Waals surface area contributed by atoms with Crippen LogP contribution in [0.1, 0.15) is 19.0 Å². The van der Waals surface area contributed by atoms with E-state index in [0.29, 0.717) is 0 Å². The standard InChI is InChI=1S/C13H17N3O5S/c1-8-5-15(7-14(8)3)6-13(2)11(12(18)19)16-9(17)4-10(16)22(13,20)21/h5,7,10-11H,4,6H2,1-3H3/p+1/t10-,11+,13+/m1/s1. The Morgan fingerprint density at radius 2 is 2.18 bits per heavy atom. The van der Waals surface area contributed by atoms with Crippen LogP contribution in [0.15, 0.2) is 12.5 Å². The quantitative estimate of drug-likeness (QED) is 0.556. The van der Waals surface area contributed by atoms with E-state index < -0.39 is 37.9 Å². The monoisotopic (exact) mass is 328 g/mol. The highest BCUT2D eigenvalue weighted by atomic mass is 32.2. The molecule has 1 amide bonds. The number of aliphatic carboxylic acids is 1. The van der Waals surface area contributed by atoms with Crippen LogP contribution < -0.4 is 4.57 Å². The molecule has 0 saturated carbocycles. The number of fused-ring (bicyclic) bond motifs is 1. The van der Waals surface area contributed by atoms with Crippen LogP contribution in [0.2, 0.25) is 0 Å². The lowest BCUT2D eigenvalue weighted by Gasteiger charge is -2.35. The molecule has 0 radical (unpaired) electrons. The van der Waals surface area contributed by atoms with Crippen molar-refractivity contribution in [2.24, 2.45) is 7.05 Å². The molecular formula is C13H18N3O5S+. The van der Waals surface area contributed by atoms with E-state index in [1.165, 1.54) is 6.92 Å². The molecule has 2 saturated heterocycles. The van der Waals surface area contributed by atoms with Gasteiger partial charge in [-0.05, 0) is 6.92 Å². The highest BCUT2D eigenvalue weighted by Crippen LogP contribution is 2.46. The SMILES string of the molecule is Cc1c[n+](C[C@@]2(C)[C@H](C(=O)O)N3C(=O)C[C@H]3S2(=O)=O)cn1C. The second-order valence-electron chi connectivity index (χ2n) is 6.23. The Hall–Kier alpha value is -1.90. The van der Waals surface area contributed by atoms with Crippen molar-refractivity contribution in [1.82, 2.24) is 9.47 Å². The van der Waals surface area contributed by atoms with E-state index in [2.05, 4.69) is 0 Å². The third kappa shape index (κ3) is 1.68. The minimum absolute atomic E-state index is 0.00569. The van der Waals surface area contributed by atoms with Gasteiger partial charge in [-0.25, -0.2) is 22.3 Å². The van der Waals surface area contributed by atoms with Crippen LogP contribution in [0.5, 0.6) is 0 Å². The molecule has 9 heteroatoms. The maximum atomic E-state index is 12.8. The van der Waals surface area contributed by atoms with E-state index in [9.17, 15) is 23.1 Å². The zero-order chi connectivity index (χ0) is 16.4. The number of hydrogen-bond acceptors (Lipinski definition) is 4. The van der Waals surface area contributed by atoms with Gasteiger partial charge in [0.15, 0.2) is 15.9 Å². The van der Waals surface area contributed by atoms with Crippen molar-refractivity contribution in [2.75, 3.05) is 0 Å². The molecule has 0 unspecified atom stereocenters. The van der Waals surface area contributed by atoms with Crippen LogP contribution in [0.25, 0.3) is 0 Å². The number of β-lactam (4-membered cyclic amide) rings is 1. The van der Waals surface area contributed by atoms with Gasteiger partial charge in [0.05, 0.1) is 13.5 Å². The molecule has 3 rings (SSSR count).